The van der Waals surface area contributed by atoms with Crippen LogP contribution in [0.15, 0.2) is 0 Å². The first-order valence-corrected chi connectivity index (χ1v) is 7.45. The molecule has 0 atom stereocenters. The Morgan fingerprint density at radius 3 is 2.58 bits per heavy atom. The number of rotatable bonds is 3. The van der Waals surface area contributed by atoms with E-state index in [1.165, 1.54) is 11.3 Å². The Morgan fingerprint density at radius 2 is 2.00 bits per heavy atom. The van der Waals surface area contributed by atoms with Crippen LogP contribution in [-0.4, -0.2) is 33.5 Å². The number of hydrogen-bond acceptors (Lipinski definition) is 5. The third kappa shape index (κ3) is 4.14. The van der Waals surface area contributed by atoms with E-state index in [0.717, 1.165) is 30.7 Å². The number of aliphatic hydroxyl groups excluding tert-OH is 1. The molecular formula is C12H20N4O2S. The molecule has 1 aromatic rings. The summed E-state index contributed by atoms with van der Waals surface area (Å²) in [6.45, 7) is 4.08. The van der Waals surface area contributed by atoms with Gasteiger partial charge in [-0.2, -0.15) is 0 Å². The molecule has 0 aliphatic heterocycles. The van der Waals surface area contributed by atoms with E-state index in [2.05, 4.69) is 20.8 Å². The topological polar surface area (TPSA) is 87.1 Å². The molecule has 2 amide bonds. The van der Waals surface area contributed by atoms with Crippen molar-refractivity contribution in [2.75, 3.05) is 5.32 Å². The van der Waals surface area contributed by atoms with Gasteiger partial charge in [0.25, 0.3) is 0 Å². The van der Waals surface area contributed by atoms with Gasteiger partial charge in [0.05, 0.1) is 6.10 Å². The van der Waals surface area contributed by atoms with E-state index in [1.54, 1.807) is 0 Å². The Bertz CT molecular complexity index is 427. The van der Waals surface area contributed by atoms with Crippen molar-refractivity contribution in [2.45, 2.75) is 57.6 Å². The molecule has 0 bridgehead atoms. The molecular weight excluding hydrogens is 264 g/mol. The SMILES string of the molecule is CC(C)c1nnc(NC(=O)NC2CCC(O)CC2)s1. The van der Waals surface area contributed by atoms with Gasteiger partial charge in [0, 0.05) is 12.0 Å². The first kappa shape index (κ1) is 14.2. The number of nitrogens with zero attached hydrogens (tertiary/aromatic N) is 2. The van der Waals surface area contributed by atoms with Gasteiger partial charge in [-0.3, -0.25) is 5.32 Å². The number of nitrogens with one attached hydrogen (secondary N) is 2. The quantitative estimate of drug-likeness (QED) is 0.793. The summed E-state index contributed by atoms with van der Waals surface area (Å²) >= 11 is 1.40. The van der Waals surface area contributed by atoms with Gasteiger partial charge in [-0.15, -0.1) is 10.2 Å². The highest BCUT2D eigenvalue weighted by Crippen LogP contribution is 2.22. The van der Waals surface area contributed by atoms with Crippen LogP contribution in [0.5, 0.6) is 0 Å². The van der Waals surface area contributed by atoms with Crippen molar-refractivity contribution >= 4 is 22.5 Å². The minimum atomic E-state index is -0.243. The highest BCUT2D eigenvalue weighted by atomic mass is 32.1. The van der Waals surface area contributed by atoms with E-state index in [1.807, 2.05) is 13.8 Å². The number of aromatic nitrogens is 2. The highest BCUT2D eigenvalue weighted by Gasteiger charge is 2.21. The smallest absolute Gasteiger partial charge is 0.321 e. The minimum absolute atomic E-state index is 0.140. The van der Waals surface area contributed by atoms with Crippen LogP contribution in [-0.2, 0) is 0 Å². The number of carbonyl (C=O) groups is 1. The van der Waals surface area contributed by atoms with Crippen molar-refractivity contribution in [1.29, 1.82) is 0 Å². The van der Waals surface area contributed by atoms with Gasteiger partial charge in [0.1, 0.15) is 5.01 Å². The number of urea groups is 1. The molecule has 106 valence electrons. The van der Waals surface area contributed by atoms with Crippen LogP contribution < -0.4 is 10.6 Å². The van der Waals surface area contributed by atoms with E-state index in [-0.39, 0.29) is 18.2 Å². The zero-order valence-corrected chi connectivity index (χ0v) is 12.0. The molecule has 1 aromatic heterocycles. The molecule has 19 heavy (non-hydrogen) atoms. The number of amides is 2. The molecule has 1 aliphatic rings. The normalized spacial score (nSPS) is 23.4. The summed E-state index contributed by atoms with van der Waals surface area (Å²) in [5.41, 5.74) is 0. The molecule has 0 spiro atoms. The van der Waals surface area contributed by atoms with Gasteiger partial charge in [0.2, 0.25) is 5.13 Å². The van der Waals surface area contributed by atoms with Crippen LogP contribution in [0, 0.1) is 0 Å². The largest absolute Gasteiger partial charge is 0.393 e. The molecule has 0 radical (unpaired) electrons. The third-order valence-electron chi connectivity index (χ3n) is 3.19. The van der Waals surface area contributed by atoms with Gasteiger partial charge < -0.3 is 10.4 Å². The first-order valence-electron chi connectivity index (χ1n) is 6.63. The Morgan fingerprint density at radius 1 is 1.32 bits per heavy atom. The molecule has 7 heteroatoms. The summed E-state index contributed by atoms with van der Waals surface area (Å²) in [6, 6.07) is -0.103. The summed E-state index contributed by atoms with van der Waals surface area (Å²) < 4.78 is 0. The van der Waals surface area contributed by atoms with Gasteiger partial charge >= 0.3 is 6.03 Å². The first-order chi connectivity index (χ1) is 9.04. The molecule has 2 rings (SSSR count). The van der Waals surface area contributed by atoms with Crippen LogP contribution in [0.2, 0.25) is 0 Å². The summed E-state index contributed by atoms with van der Waals surface area (Å²) in [7, 11) is 0. The predicted molar refractivity (Wildman–Crippen MR) is 74.4 cm³/mol. The third-order valence-corrected chi connectivity index (χ3v) is 4.33. The van der Waals surface area contributed by atoms with Gasteiger partial charge in [-0.1, -0.05) is 25.2 Å². The second kappa shape index (κ2) is 6.29. The van der Waals surface area contributed by atoms with Gasteiger partial charge in [-0.05, 0) is 25.7 Å². The highest BCUT2D eigenvalue weighted by molar-refractivity contribution is 7.15. The fourth-order valence-electron chi connectivity index (χ4n) is 2.06. The second-order valence-electron chi connectivity index (χ2n) is 5.20. The Labute approximate surface area is 116 Å². The van der Waals surface area contributed by atoms with E-state index >= 15 is 0 Å². The lowest BCUT2D eigenvalue weighted by Gasteiger charge is -2.25. The van der Waals surface area contributed by atoms with Crippen molar-refractivity contribution < 1.29 is 9.90 Å². The molecule has 3 N–H and O–H groups in total. The molecule has 0 aromatic carbocycles. The van der Waals surface area contributed by atoms with E-state index in [0.29, 0.717) is 11.0 Å². The number of hydrogen-bond donors (Lipinski definition) is 3. The zero-order chi connectivity index (χ0) is 13.8. The standard InChI is InChI=1S/C12H20N4O2S/c1-7(2)10-15-16-12(19-10)14-11(18)13-8-3-5-9(17)6-4-8/h7-9,17H,3-6H2,1-2H3,(H2,13,14,16,18). The number of aliphatic hydroxyl groups is 1. The molecule has 0 unspecified atom stereocenters. The number of anilines is 1. The monoisotopic (exact) mass is 284 g/mol. The second-order valence-corrected chi connectivity index (χ2v) is 6.21. The number of carbonyl (C=O) groups excluding carboxylic acids is 1. The zero-order valence-electron chi connectivity index (χ0n) is 11.2. The Hall–Kier alpha value is -1.21. The lowest BCUT2D eigenvalue weighted by molar-refractivity contribution is 0.118. The van der Waals surface area contributed by atoms with Gasteiger partial charge in [0.15, 0.2) is 0 Å². The van der Waals surface area contributed by atoms with Crippen molar-refractivity contribution in [2.24, 2.45) is 0 Å². The average Bonchev–Trinajstić information content (AvgIpc) is 2.80. The summed E-state index contributed by atoms with van der Waals surface area (Å²) in [5.74, 6) is 0.316. The van der Waals surface area contributed by atoms with Crippen molar-refractivity contribution in [3.63, 3.8) is 0 Å². The van der Waals surface area contributed by atoms with Crippen molar-refractivity contribution in [3.05, 3.63) is 5.01 Å². The van der Waals surface area contributed by atoms with Crippen LogP contribution in [0.1, 0.15) is 50.5 Å². The van der Waals surface area contributed by atoms with Crippen LogP contribution in [0.25, 0.3) is 0 Å². The van der Waals surface area contributed by atoms with E-state index in [9.17, 15) is 9.90 Å². The molecule has 6 nitrogen and oxygen atoms in total. The molecule has 1 heterocycles. The van der Waals surface area contributed by atoms with Crippen molar-refractivity contribution in [1.82, 2.24) is 15.5 Å². The van der Waals surface area contributed by atoms with Crippen LogP contribution in [0.3, 0.4) is 0 Å². The van der Waals surface area contributed by atoms with Gasteiger partial charge in [-0.25, -0.2) is 4.79 Å². The van der Waals surface area contributed by atoms with E-state index in [4.69, 9.17) is 0 Å². The van der Waals surface area contributed by atoms with Crippen LogP contribution >= 0.6 is 11.3 Å². The molecule has 1 aliphatic carbocycles. The summed E-state index contributed by atoms with van der Waals surface area (Å²) in [5, 5.41) is 24.4. The maximum absolute atomic E-state index is 11.8. The van der Waals surface area contributed by atoms with Crippen LogP contribution in [0.4, 0.5) is 9.93 Å². The summed E-state index contributed by atoms with van der Waals surface area (Å²) in [4.78, 5) is 11.8. The maximum Gasteiger partial charge on any atom is 0.321 e. The fourth-order valence-corrected chi connectivity index (χ4v) is 2.80. The van der Waals surface area contributed by atoms with E-state index < -0.39 is 0 Å². The molecule has 1 fully saturated rings. The summed E-state index contributed by atoms with van der Waals surface area (Å²) in [6.07, 6.45) is 2.93. The maximum atomic E-state index is 11.8. The minimum Gasteiger partial charge on any atom is -0.393 e. The average molecular weight is 284 g/mol. The Kier molecular flexibility index (Phi) is 4.71. The fraction of sp³-hybridized carbons (Fsp3) is 0.750. The molecule has 0 saturated heterocycles. The lowest BCUT2D eigenvalue weighted by atomic mass is 9.93. The molecule has 1 saturated carbocycles. The lowest BCUT2D eigenvalue weighted by Crippen LogP contribution is -2.40. The predicted octanol–water partition coefficient (Wildman–Crippen LogP) is 2.09. The Balaban J connectivity index is 1.80. The van der Waals surface area contributed by atoms with Crippen molar-refractivity contribution in [3.8, 4) is 0 Å².